The topological polar surface area (TPSA) is 101 Å². The minimum Gasteiger partial charge on any atom is -0.397 e. The SMILES string of the molecule is Nc1cccc(F)c1NC(=O)c1ccc(Nc2ncc(-c3cnc4ccc(CN5CCCC5)cn34)s2)c(F)c1. The lowest BCUT2D eigenvalue weighted by molar-refractivity contribution is 0.102. The van der Waals surface area contributed by atoms with Gasteiger partial charge in [-0.3, -0.25) is 14.1 Å². The van der Waals surface area contributed by atoms with E-state index in [1.807, 2.05) is 12.3 Å². The molecule has 1 saturated heterocycles. The van der Waals surface area contributed by atoms with Crippen LogP contribution in [0, 0.1) is 11.6 Å². The maximum atomic E-state index is 14.9. The van der Waals surface area contributed by atoms with Crippen LogP contribution >= 0.6 is 11.3 Å². The van der Waals surface area contributed by atoms with Crippen LogP contribution in [-0.2, 0) is 6.54 Å². The van der Waals surface area contributed by atoms with Crippen molar-refractivity contribution >= 4 is 45.1 Å². The third kappa shape index (κ3) is 5.18. The van der Waals surface area contributed by atoms with Gasteiger partial charge >= 0.3 is 0 Å². The summed E-state index contributed by atoms with van der Waals surface area (Å²) in [6.07, 6.45) is 8.13. The number of hydrogen-bond acceptors (Lipinski definition) is 7. The number of hydrogen-bond donors (Lipinski definition) is 3. The molecule has 1 aliphatic rings. The van der Waals surface area contributed by atoms with E-state index in [-0.39, 0.29) is 22.6 Å². The van der Waals surface area contributed by atoms with Gasteiger partial charge < -0.3 is 16.4 Å². The normalized spacial score (nSPS) is 13.7. The van der Waals surface area contributed by atoms with Gasteiger partial charge in [-0.2, -0.15) is 0 Å². The van der Waals surface area contributed by atoms with Crippen LogP contribution in [-0.4, -0.2) is 38.3 Å². The van der Waals surface area contributed by atoms with Gasteiger partial charge in [0.05, 0.1) is 28.1 Å². The fourth-order valence-electron chi connectivity index (χ4n) is 4.68. The molecular formula is C28H25F2N7OS. The number of benzene rings is 2. The Balaban J connectivity index is 1.18. The highest BCUT2D eigenvalue weighted by Crippen LogP contribution is 2.32. The molecule has 1 fully saturated rings. The number of imidazole rings is 1. The lowest BCUT2D eigenvalue weighted by Crippen LogP contribution is -2.18. The predicted molar refractivity (Wildman–Crippen MR) is 149 cm³/mol. The van der Waals surface area contributed by atoms with Gasteiger partial charge in [0, 0.05) is 24.5 Å². The molecule has 11 heteroatoms. The van der Waals surface area contributed by atoms with Crippen molar-refractivity contribution in [3.8, 4) is 10.6 Å². The molecule has 4 N–H and O–H groups in total. The Kier molecular flexibility index (Phi) is 6.67. The van der Waals surface area contributed by atoms with Gasteiger partial charge in [0.2, 0.25) is 0 Å². The van der Waals surface area contributed by atoms with E-state index in [2.05, 4.69) is 42.2 Å². The Morgan fingerprint density at radius 3 is 2.67 bits per heavy atom. The van der Waals surface area contributed by atoms with Crippen LogP contribution in [0.3, 0.4) is 0 Å². The van der Waals surface area contributed by atoms with E-state index < -0.39 is 17.5 Å². The molecule has 8 nitrogen and oxygen atoms in total. The number of nitrogens with zero attached hydrogens (tertiary/aromatic N) is 4. The van der Waals surface area contributed by atoms with Gasteiger partial charge in [0.25, 0.3) is 5.91 Å². The third-order valence-corrected chi connectivity index (χ3v) is 7.62. The van der Waals surface area contributed by atoms with Crippen LogP contribution < -0.4 is 16.4 Å². The minimum atomic E-state index is -0.675. The summed E-state index contributed by atoms with van der Waals surface area (Å²) in [7, 11) is 0. The highest BCUT2D eigenvalue weighted by atomic mass is 32.1. The zero-order chi connectivity index (χ0) is 26.9. The predicted octanol–water partition coefficient (Wildman–Crippen LogP) is 5.91. The molecule has 4 heterocycles. The number of thiazole rings is 1. The number of rotatable bonds is 7. The lowest BCUT2D eigenvalue weighted by Gasteiger charge is -2.14. The molecule has 3 aromatic heterocycles. The number of pyridine rings is 1. The molecule has 5 aromatic rings. The molecule has 0 saturated carbocycles. The number of para-hydroxylation sites is 1. The Morgan fingerprint density at radius 2 is 1.87 bits per heavy atom. The summed E-state index contributed by atoms with van der Waals surface area (Å²) in [4.78, 5) is 24.8. The molecule has 39 heavy (non-hydrogen) atoms. The Labute approximate surface area is 227 Å². The standard InChI is InChI=1S/C28H25F2N7OS/c29-19-4-3-5-21(31)26(19)35-27(38)18-7-8-22(20(30)12-18)34-28-33-14-24(39-28)23-13-32-25-9-6-17(16-37(23)25)15-36-10-1-2-11-36/h3-9,12-14,16H,1-2,10-11,15,31H2,(H,33,34)(H,35,38). The number of nitrogens with one attached hydrogen (secondary N) is 2. The van der Waals surface area contributed by atoms with Crippen molar-refractivity contribution in [3.63, 3.8) is 0 Å². The van der Waals surface area contributed by atoms with Crippen LogP contribution in [0.25, 0.3) is 16.2 Å². The molecule has 0 aliphatic carbocycles. The molecule has 0 atom stereocenters. The van der Waals surface area contributed by atoms with Crippen LogP contribution in [0.5, 0.6) is 0 Å². The third-order valence-electron chi connectivity index (χ3n) is 6.69. The molecule has 1 amide bonds. The molecule has 6 rings (SSSR count). The quantitative estimate of drug-likeness (QED) is 0.220. The fraction of sp³-hybridized carbons (Fsp3) is 0.179. The first-order chi connectivity index (χ1) is 18.9. The first-order valence-corrected chi connectivity index (χ1v) is 13.3. The number of fused-ring (bicyclic) bond motifs is 1. The molecule has 0 bridgehead atoms. The Hall–Kier alpha value is -4.35. The molecule has 0 unspecified atom stereocenters. The Bertz CT molecular complexity index is 1660. The number of carbonyl (C=O) groups is 1. The summed E-state index contributed by atoms with van der Waals surface area (Å²) < 4.78 is 31.0. The zero-order valence-electron chi connectivity index (χ0n) is 20.8. The van der Waals surface area contributed by atoms with Crippen molar-refractivity contribution in [3.05, 3.63) is 89.9 Å². The molecule has 198 valence electrons. The summed E-state index contributed by atoms with van der Waals surface area (Å²) in [6, 6.07) is 12.2. The smallest absolute Gasteiger partial charge is 0.255 e. The van der Waals surface area contributed by atoms with E-state index in [4.69, 9.17) is 5.73 Å². The summed E-state index contributed by atoms with van der Waals surface area (Å²) in [6.45, 7) is 3.16. The molecular weight excluding hydrogens is 520 g/mol. The highest BCUT2D eigenvalue weighted by molar-refractivity contribution is 7.18. The second-order valence-electron chi connectivity index (χ2n) is 9.40. The fourth-order valence-corrected chi connectivity index (χ4v) is 5.52. The van der Waals surface area contributed by atoms with E-state index >= 15 is 0 Å². The molecule has 2 aromatic carbocycles. The summed E-state index contributed by atoms with van der Waals surface area (Å²) >= 11 is 1.37. The van der Waals surface area contributed by atoms with E-state index in [1.54, 1.807) is 6.20 Å². The number of carbonyl (C=O) groups excluding carboxylic acids is 1. The molecule has 0 radical (unpaired) electrons. The highest BCUT2D eigenvalue weighted by Gasteiger charge is 2.17. The van der Waals surface area contributed by atoms with Crippen molar-refractivity contribution in [2.75, 3.05) is 29.5 Å². The lowest BCUT2D eigenvalue weighted by atomic mass is 10.1. The monoisotopic (exact) mass is 545 g/mol. The number of nitrogens with two attached hydrogens (primary N) is 1. The number of aromatic nitrogens is 3. The van der Waals surface area contributed by atoms with Gasteiger partial charge in [-0.1, -0.05) is 23.5 Å². The van der Waals surface area contributed by atoms with Gasteiger partial charge in [-0.05, 0) is 67.9 Å². The molecule has 1 aliphatic heterocycles. The number of likely N-dealkylation sites (tertiary alicyclic amines) is 1. The van der Waals surface area contributed by atoms with Crippen LogP contribution in [0.2, 0.25) is 0 Å². The van der Waals surface area contributed by atoms with Gasteiger partial charge in [-0.15, -0.1) is 0 Å². The van der Waals surface area contributed by atoms with Gasteiger partial charge in [0.15, 0.2) is 5.13 Å². The average molecular weight is 546 g/mol. The number of halogens is 2. The summed E-state index contributed by atoms with van der Waals surface area (Å²) in [5.74, 6) is -2.00. The largest absolute Gasteiger partial charge is 0.397 e. The average Bonchev–Trinajstić information content (AvgIpc) is 3.69. The van der Waals surface area contributed by atoms with Gasteiger partial charge in [0.1, 0.15) is 23.0 Å². The number of nitrogen functional groups attached to an aromatic ring is 1. The number of amides is 1. The van der Waals surface area contributed by atoms with Crippen molar-refractivity contribution in [2.45, 2.75) is 19.4 Å². The van der Waals surface area contributed by atoms with Crippen molar-refractivity contribution in [1.82, 2.24) is 19.3 Å². The minimum absolute atomic E-state index is 0.0241. The first-order valence-electron chi connectivity index (χ1n) is 12.5. The van der Waals surface area contributed by atoms with E-state index in [0.29, 0.717) is 5.13 Å². The second-order valence-corrected chi connectivity index (χ2v) is 10.4. The Morgan fingerprint density at radius 1 is 1.03 bits per heavy atom. The molecule has 0 spiro atoms. The van der Waals surface area contributed by atoms with E-state index in [1.165, 1.54) is 60.1 Å². The van der Waals surface area contributed by atoms with E-state index in [9.17, 15) is 13.6 Å². The second kappa shape index (κ2) is 10.4. The summed E-state index contributed by atoms with van der Waals surface area (Å²) in [5, 5.41) is 5.87. The first kappa shape index (κ1) is 25.0. The van der Waals surface area contributed by atoms with Crippen LogP contribution in [0.4, 0.5) is 31.0 Å². The van der Waals surface area contributed by atoms with Crippen molar-refractivity contribution in [1.29, 1.82) is 0 Å². The van der Waals surface area contributed by atoms with Crippen molar-refractivity contribution < 1.29 is 13.6 Å². The van der Waals surface area contributed by atoms with Crippen LogP contribution in [0.1, 0.15) is 28.8 Å². The number of anilines is 4. The maximum Gasteiger partial charge on any atom is 0.255 e. The maximum absolute atomic E-state index is 14.9. The summed E-state index contributed by atoms with van der Waals surface area (Å²) in [5.41, 5.74) is 8.82. The van der Waals surface area contributed by atoms with E-state index in [0.717, 1.165) is 41.9 Å². The van der Waals surface area contributed by atoms with Crippen molar-refractivity contribution in [2.24, 2.45) is 0 Å². The van der Waals surface area contributed by atoms with Crippen LogP contribution in [0.15, 0.2) is 67.1 Å². The van der Waals surface area contributed by atoms with Gasteiger partial charge in [-0.25, -0.2) is 18.7 Å². The zero-order valence-corrected chi connectivity index (χ0v) is 21.6.